The predicted molar refractivity (Wildman–Crippen MR) is 105 cm³/mol. The van der Waals surface area contributed by atoms with E-state index in [4.69, 9.17) is 4.74 Å². The number of hydrogen-bond acceptors (Lipinski definition) is 4. The monoisotopic (exact) mass is 385 g/mol. The maximum atomic E-state index is 13.5. The van der Waals surface area contributed by atoms with E-state index in [-0.39, 0.29) is 24.0 Å². The Morgan fingerprint density at radius 1 is 1.11 bits per heavy atom. The van der Waals surface area contributed by atoms with Crippen LogP contribution in [0.1, 0.15) is 58.1 Å². The lowest BCUT2D eigenvalue weighted by Crippen LogP contribution is -2.54. The first-order chi connectivity index (χ1) is 13.3. The van der Waals surface area contributed by atoms with Gasteiger partial charge in [0.25, 0.3) is 0 Å². The standard InChI is InChI=1S/C22H31N3O3/c1-22(2,3)28-21(27)24-10-11-25(19(14-24)16-6-8-23-9-7-16)20(26)18-13-15-4-5-17(18)12-15/h6-9,15,17-19H,4-5,10-14H2,1-3H3. The molecule has 3 aliphatic rings. The summed E-state index contributed by atoms with van der Waals surface area (Å²) in [6.45, 7) is 7.16. The minimum absolute atomic E-state index is 0.143. The van der Waals surface area contributed by atoms with E-state index >= 15 is 0 Å². The molecule has 4 unspecified atom stereocenters. The molecule has 152 valence electrons. The molecule has 0 aromatic carbocycles. The third-order valence-electron chi connectivity index (χ3n) is 6.46. The summed E-state index contributed by atoms with van der Waals surface area (Å²) < 4.78 is 5.57. The zero-order chi connectivity index (χ0) is 19.9. The molecule has 3 fully saturated rings. The number of ether oxygens (including phenoxy) is 1. The molecule has 2 aliphatic carbocycles. The Morgan fingerprint density at radius 2 is 1.86 bits per heavy atom. The van der Waals surface area contributed by atoms with Crippen LogP contribution in [0.2, 0.25) is 0 Å². The van der Waals surface area contributed by atoms with Gasteiger partial charge >= 0.3 is 6.09 Å². The maximum absolute atomic E-state index is 13.5. The molecule has 1 aromatic rings. The third-order valence-corrected chi connectivity index (χ3v) is 6.46. The summed E-state index contributed by atoms with van der Waals surface area (Å²) in [5, 5.41) is 0. The van der Waals surface area contributed by atoms with Crippen molar-refractivity contribution in [3.05, 3.63) is 30.1 Å². The normalized spacial score (nSPS) is 29.8. The molecule has 1 aromatic heterocycles. The van der Waals surface area contributed by atoms with Crippen molar-refractivity contribution in [3.63, 3.8) is 0 Å². The van der Waals surface area contributed by atoms with E-state index in [1.165, 1.54) is 19.3 Å². The number of pyridine rings is 1. The summed E-state index contributed by atoms with van der Waals surface area (Å²) in [5.41, 5.74) is 0.499. The second-order valence-corrected chi connectivity index (χ2v) is 9.54. The van der Waals surface area contributed by atoms with Crippen LogP contribution < -0.4 is 0 Å². The van der Waals surface area contributed by atoms with E-state index in [2.05, 4.69) is 4.98 Å². The fourth-order valence-electron chi connectivity index (χ4n) is 5.17. The SMILES string of the molecule is CC(C)(C)OC(=O)N1CCN(C(=O)C2CC3CCC2C3)C(c2ccncc2)C1. The van der Waals surface area contributed by atoms with E-state index in [9.17, 15) is 9.59 Å². The molecule has 2 bridgehead atoms. The Kier molecular flexibility index (Phi) is 5.06. The van der Waals surface area contributed by atoms with Crippen LogP contribution in [-0.4, -0.2) is 52.0 Å². The Bertz CT molecular complexity index is 730. The molecule has 2 heterocycles. The molecule has 0 spiro atoms. The smallest absolute Gasteiger partial charge is 0.410 e. The summed E-state index contributed by atoms with van der Waals surface area (Å²) in [7, 11) is 0. The summed E-state index contributed by atoms with van der Waals surface area (Å²) in [4.78, 5) is 33.9. The Hall–Kier alpha value is -2.11. The topological polar surface area (TPSA) is 62.7 Å². The van der Waals surface area contributed by atoms with Crippen LogP contribution in [0.4, 0.5) is 4.79 Å². The van der Waals surface area contributed by atoms with Gasteiger partial charge in [0.05, 0.1) is 6.04 Å². The molecule has 2 amide bonds. The van der Waals surface area contributed by atoms with Crippen LogP contribution in [0.15, 0.2) is 24.5 Å². The van der Waals surface area contributed by atoms with Crippen LogP contribution in [0.5, 0.6) is 0 Å². The molecule has 0 radical (unpaired) electrons. The van der Waals surface area contributed by atoms with Gasteiger partial charge in [-0.3, -0.25) is 9.78 Å². The summed E-state index contributed by atoms with van der Waals surface area (Å²) in [6.07, 6.45) is 7.93. The fourth-order valence-corrected chi connectivity index (χ4v) is 5.17. The third kappa shape index (κ3) is 3.87. The number of nitrogens with zero attached hydrogens (tertiary/aromatic N) is 3. The zero-order valence-electron chi connectivity index (χ0n) is 17.1. The fraction of sp³-hybridized carbons (Fsp3) is 0.682. The molecular formula is C22H31N3O3. The largest absolute Gasteiger partial charge is 0.444 e. The molecule has 1 saturated heterocycles. The van der Waals surface area contributed by atoms with Gasteiger partial charge in [-0.15, -0.1) is 0 Å². The van der Waals surface area contributed by atoms with Crippen molar-refractivity contribution < 1.29 is 14.3 Å². The van der Waals surface area contributed by atoms with Crippen molar-refractivity contribution in [2.24, 2.45) is 17.8 Å². The van der Waals surface area contributed by atoms with E-state index in [1.54, 1.807) is 17.3 Å². The first kappa shape index (κ1) is 19.2. The summed E-state index contributed by atoms with van der Waals surface area (Å²) >= 11 is 0. The number of aromatic nitrogens is 1. The number of carbonyl (C=O) groups is 2. The Labute approximate surface area is 167 Å². The van der Waals surface area contributed by atoms with Gasteiger partial charge in [0.2, 0.25) is 5.91 Å². The highest BCUT2D eigenvalue weighted by molar-refractivity contribution is 5.81. The summed E-state index contributed by atoms with van der Waals surface area (Å²) in [6, 6.07) is 3.75. The molecule has 28 heavy (non-hydrogen) atoms. The van der Waals surface area contributed by atoms with E-state index in [0.717, 1.165) is 17.9 Å². The molecule has 2 saturated carbocycles. The highest BCUT2D eigenvalue weighted by Gasteiger charge is 2.46. The summed E-state index contributed by atoms with van der Waals surface area (Å²) in [5.74, 6) is 1.73. The lowest BCUT2D eigenvalue weighted by molar-refractivity contribution is -0.142. The van der Waals surface area contributed by atoms with Crippen LogP contribution in [0, 0.1) is 17.8 Å². The van der Waals surface area contributed by atoms with Gasteiger partial charge in [0, 0.05) is 37.9 Å². The number of fused-ring (bicyclic) bond motifs is 2. The first-order valence-corrected chi connectivity index (χ1v) is 10.5. The van der Waals surface area contributed by atoms with Gasteiger partial charge < -0.3 is 14.5 Å². The molecule has 0 N–H and O–H groups in total. The molecule has 6 nitrogen and oxygen atoms in total. The van der Waals surface area contributed by atoms with Gasteiger partial charge in [-0.1, -0.05) is 6.42 Å². The number of piperazine rings is 1. The second-order valence-electron chi connectivity index (χ2n) is 9.54. The van der Waals surface area contributed by atoms with Crippen molar-refractivity contribution in [2.45, 2.75) is 58.1 Å². The number of hydrogen-bond donors (Lipinski definition) is 0. The predicted octanol–water partition coefficient (Wildman–Crippen LogP) is 3.64. The van der Waals surface area contributed by atoms with E-state index in [1.807, 2.05) is 37.8 Å². The van der Waals surface area contributed by atoms with Gasteiger partial charge in [0.15, 0.2) is 0 Å². The van der Waals surface area contributed by atoms with E-state index < -0.39 is 5.60 Å². The van der Waals surface area contributed by atoms with Crippen molar-refractivity contribution in [1.82, 2.24) is 14.8 Å². The maximum Gasteiger partial charge on any atom is 0.410 e. The van der Waals surface area contributed by atoms with Gasteiger partial charge in [-0.25, -0.2) is 4.79 Å². The highest BCUT2D eigenvalue weighted by atomic mass is 16.6. The van der Waals surface area contributed by atoms with Gasteiger partial charge in [-0.2, -0.15) is 0 Å². The highest BCUT2D eigenvalue weighted by Crippen LogP contribution is 2.49. The van der Waals surface area contributed by atoms with Gasteiger partial charge in [0.1, 0.15) is 5.60 Å². The quantitative estimate of drug-likeness (QED) is 0.780. The molecule has 4 rings (SSSR count). The van der Waals surface area contributed by atoms with Crippen molar-refractivity contribution in [3.8, 4) is 0 Å². The zero-order valence-corrected chi connectivity index (χ0v) is 17.1. The molecular weight excluding hydrogens is 354 g/mol. The van der Waals surface area contributed by atoms with Gasteiger partial charge in [-0.05, 0) is 69.6 Å². The van der Waals surface area contributed by atoms with Crippen molar-refractivity contribution in [1.29, 1.82) is 0 Å². The number of amides is 2. The number of carbonyl (C=O) groups excluding carboxylic acids is 2. The molecule has 4 atom stereocenters. The first-order valence-electron chi connectivity index (χ1n) is 10.5. The van der Waals surface area contributed by atoms with Crippen LogP contribution >= 0.6 is 0 Å². The van der Waals surface area contributed by atoms with Crippen LogP contribution in [0.25, 0.3) is 0 Å². The second kappa shape index (κ2) is 7.37. The van der Waals surface area contributed by atoms with E-state index in [0.29, 0.717) is 25.6 Å². The minimum atomic E-state index is -0.528. The van der Waals surface area contributed by atoms with Crippen molar-refractivity contribution >= 4 is 12.0 Å². The lowest BCUT2D eigenvalue weighted by Gasteiger charge is -2.43. The minimum Gasteiger partial charge on any atom is -0.444 e. The average molecular weight is 386 g/mol. The van der Waals surface area contributed by atoms with Crippen molar-refractivity contribution in [2.75, 3.05) is 19.6 Å². The number of rotatable bonds is 2. The Balaban J connectivity index is 1.53. The average Bonchev–Trinajstić information content (AvgIpc) is 3.30. The Morgan fingerprint density at radius 3 is 2.46 bits per heavy atom. The molecule has 1 aliphatic heterocycles. The lowest BCUT2D eigenvalue weighted by atomic mass is 9.87. The molecule has 6 heteroatoms. The van der Waals surface area contributed by atoms with Crippen LogP contribution in [0.3, 0.4) is 0 Å². The van der Waals surface area contributed by atoms with Crippen LogP contribution in [-0.2, 0) is 9.53 Å².